The molecule has 0 unspecified atom stereocenters. The molecule has 1 aromatic heterocycles. The van der Waals surface area contributed by atoms with Gasteiger partial charge in [-0.2, -0.15) is 5.10 Å². The average Bonchev–Trinajstić information content (AvgIpc) is 2.45. The summed E-state index contributed by atoms with van der Waals surface area (Å²) in [6.45, 7) is 0. The van der Waals surface area contributed by atoms with Crippen molar-refractivity contribution in [2.45, 2.75) is 0 Å². The van der Waals surface area contributed by atoms with Gasteiger partial charge in [-0.25, -0.2) is 4.79 Å². The van der Waals surface area contributed by atoms with Crippen LogP contribution in [-0.4, -0.2) is 28.1 Å². The van der Waals surface area contributed by atoms with Gasteiger partial charge < -0.3 is 4.74 Å². The minimum atomic E-state index is -0.591. The molecule has 2 N–H and O–H groups in total. The average molecular weight is 171 g/mol. The fraction of sp³-hybridized carbons (Fsp3) is 0.333. The zero-order valence-electron chi connectivity index (χ0n) is 6.74. The van der Waals surface area contributed by atoms with Gasteiger partial charge in [-0.15, -0.1) is 0 Å². The summed E-state index contributed by atoms with van der Waals surface area (Å²) in [7, 11) is 2.88. The summed E-state index contributed by atoms with van der Waals surface area (Å²) in [6, 6.07) is 0. The lowest BCUT2D eigenvalue weighted by atomic mass is 10.4. The Morgan fingerprint density at radius 3 is 3.00 bits per heavy atom. The Labute approximate surface area is 68.7 Å². The molecule has 0 fully saturated rings. The molecule has 0 saturated carbocycles. The molecule has 0 amide bonds. The highest BCUT2D eigenvalue weighted by atomic mass is 16.5. The van der Waals surface area contributed by atoms with E-state index in [0.29, 0.717) is 0 Å². The Morgan fingerprint density at radius 1 is 1.83 bits per heavy atom. The number of carbonyl (C=O) groups excluding carboxylic acids is 1. The van der Waals surface area contributed by atoms with Gasteiger partial charge >= 0.3 is 5.97 Å². The van der Waals surface area contributed by atoms with E-state index >= 15 is 0 Å². The number of anilines is 1. The number of nitrogens with one attached hydrogen (secondary N) is 1. The largest absolute Gasteiger partial charge is 0.464 e. The van der Waals surface area contributed by atoms with Crippen LogP contribution in [0.3, 0.4) is 0 Å². The molecule has 0 aromatic carbocycles. The fourth-order valence-corrected chi connectivity index (χ4v) is 0.818. The molecule has 66 valence electrons. The monoisotopic (exact) mass is 171 g/mol. The van der Waals surface area contributed by atoms with E-state index in [4.69, 9.17) is 5.21 Å². The number of aryl methyl sites for hydroxylation is 1. The van der Waals surface area contributed by atoms with Gasteiger partial charge in [0.05, 0.1) is 13.3 Å². The first-order chi connectivity index (χ1) is 5.69. The van der Waals surface area contributed by atoms with E-state index in [2.05, 4.69) is 9.84 Å². The van der Waals surface area contributed by atoms with E-state index in [1.54, 1.807) is 7.05 Å². The smallest absolute Gasteiger partial charge is 0.360 e. The summed E-state index contributed by atoms with van der Waals surface area (Å²) in [4.78, 5) is 11.0. The SMILES string of the molecule is COC(=O)c1nn(C)cc1NO. The zero-order valence-corrected chi connectivity index (χ0v) is 6.74. The van der Waals surface area contributed by atoms with Gasteiger partial charge in [0.2, 0.25) is 0 Å². The van der Waals surface area contributed by atoms with E-state index in [1.807, 2.05) is 5.48 Å². The van der Waals surface area contributed by atoms with Crippen LogP contribution in [0.1, 0.15) is 10.5 Å². The number of rotatable bonds is 2. The van der Waals surface area contributed by atoms with Crippen molar-refractivity contribution in [1.82, 2.24) is 9.78 Å². The first-order valence-corrected chi connectivity index (χ1v) is 3.21. The third-order valence-electron chi connectivity index (χ3n) is 1.33. The number of esters is 1. The lowest BCUT2D eigenvalue weighted by molar-refractivity contribution is 0.0593. The molecule has 1 rings (SSSR count). The number of aromatic nitrogens is 2. The van der Waals surface area contributed by atoms with Gasteiger partial charge in [0.15, 0.2) is 5.69 Å². The molecule has 0 radical (unpaired) electrons. The number of hydrogen-bond donors (Lipinski definition) is 2. The molecular formula is C6H9N3O3. The number of methoxy groups -OCH3 is 1. The van der Waals surface area contributed by atoms with E-state index in [0.717, 1.165) is 0 Å². The molecule has 1 aromatic rings. The molecule has 0 atom stereocenters. The number of ether oxygens (including phenoxy) is 1. The van der Waals surface area contributed by atoms with Crippen LogP contribution in [0.2, 0.25) is 0 Å². The second kappa shape index (κ2) is 3.22. The topological polar surface area (TPSA) is 76.4 Å². The summed E-state index contributed by atoms with van der Waals surface area (Å²) >= 11 is 0. The van der Waals surface area contributed by atoms with E-state index in [-0.39, 0.29) is 11.4 Å². The minimum Gasteiger partial charge on any atom is -0.464 e. The Balaban J connectivity index is 3.04. The summed E-state index contributed by atoms with van der Waals surface area (Å²) in [6.07, 6.45) is 1.46. The molecule has 0 spiro atoms. The van der Waals surface area contributed by atoms with Gasteiger partial charge in [0.25, 0.3) is 0 Å². The van der Waals surface area contributed by atoms with Crippen LogP contribution in [0, 0.1) is 0 Å². The molecule has 0 bridgehead atoms. The van der Waals surface area contributed by atoms with Gasteiger partial charge in [-0.3, -0.25) is 15.4 Å². The van der Waals surface area contributed by atoms with Crippen LogP contribution < -0.4 is 5.48 Å². The van der Waals surface area contributed by atoms with Crippen LogP contribution in [0.5, 0.6) is 0 Å². The second-order valence-corrected chi connectivity index (χ2v) is 2.17. The number of nitrogens with zero attached hydrogens (tertiary/aromatic N) is 2. The van der Waals surface area contributed by atoms with E-state index < -0.39 is 5.97 Å². The first-order valence-electron chi connectivity index (χ1n) is 3.21. The molecule has 0 saturated heterocycles. The number of carbonyl (C=O) groups is 1. The Morgan fingerprint density at radius 2 is 2.50 bits per heavy atom. The molecule has 1 heterocycles. The highest BCUT2D eigenvalue weighted by Crippen LogP contribution is 2.12. The maximum absolute atomic E-state index is 11.0. The molecule has 6 nitrogen and oxygen atoms in total. The molecule has 0 aliphatic rings. The second-order valence-electron chi connectivity index (χ2n) is 2.17. The van der Waals surface area contributed by atoms with Crippen LogP contribution in [0.4, 0.5) is 5.69 Å². The van der Waals surface area contributed by atoms with Crippen LogP contribution in [0.15, 0.2) is 6.20 Å². The van der Waals surface area contributed by atoms with Crippen molar-refractivity contribution < 1.29 is 14.7 Å². The summed E-state index contributed by atoms with van der Waals surface area (Å²) in [5.74, 6) is -0.591. The predicted molar refractivity (Wildman–Crippen MR) is 40.0 cm³/mol. The van der Waals surface area contributed by atoms with Gasteiger partial charge in [0.1, 0.15) is 5.69 Å². The molecule has 0 aliphatic carbocycles. The van der Waals surface area contributed by atoms with Crippen LogP contribution >= 0.6 is 0 Å². The Bertz CT molecular complexity index is 294. The highest BCUT2D eigenvalue weighted by Gasteiger charge is 2.15. The predicted octanol–water partition coefficient (Wildman–Crippen LogP) is 0.00780. The summed E-state index contributed by atoms with van der Waals surface area (Å²) in [5.41, 5.74) is 2.13. The fourth-order valence-electron chi connectivity index (χ4n) is 0.818. The summed E-state index contributed by atoms with van der Waals surface area (Å²) in [5, 5.41) is 12.3. The molecular weight excluding hydrogens is 162 g/mol. The van der Waals surface area contributed by atoms with Crippen molar-refractivity contribution in [3.05, 3.63) is 11.9 Å². The lowest BCUT2D eigenvalue weighted by Crippen LogP contribution is -2.05. The van der Waals surface area contributed by atoms with Gasteiger partial charge in [0, 0.05) is 7.05 Å². The van der Waals surface area contributed by atoms with Gasteiger partial charge in [-0.1, -0.05) is 0 Å². The van der Waals surface area contributed by atoms with Crippen LogP contribution in [-0.2, 0) is 11.8 Å². The van der Waals surface area contributed by atoms with E-state index in [9.17, 15) is 4.79 Å². The normalized spacial score (nSPS) is 9.58. The maximum atomic E-state index is 11.0. The van der Waals surface area contributed by atoms with Crippen molar-refractivity contribution in [3.63, 3.8) is 0 Å². The minimum absolute atomic E-state index is 0.0579. The Hall–Kier alpha value is -1.56. The molecule has 12 heavy (non-hydrogen) atoms. The standard InChI is InChI=1S/C6H9N3O3/c1-9-3-4(8-11)5(7-9)6(10)12-2/h3,8,11H,1-2H3. The zero-order chi connectivity index (χ0) is 9.14. The van der Waals surface area contributed by atoms with Crippen molar-refractivity contribution in [2.24, 2.45) is 7.05 Å². The van der Waals surface area contributed by atoms with Crippen molar-refractivity contribution in [1.29, 1.82) is 0 Å². The first kappa shape index (κ1) is 8.54. The van der Waals surface area contributed by atoms with Crippen LogP contribution in [0.25, 0.3) is 0 Å². The lowest BCUT2D eigenvalue weighted by Gasteiger charge is -1.96. The Kier molecular flexibility index (Phi) is 2.29. The van der Waals surface area contributed by atoms with Crippen molar-refractivity contribution in [2.75, 3.05) is 12.6 Å². The van der Waals surface area contributed by atoms with Crippen molar-refractivity contribution >= 4 is 11.7 Å². The third kappa shape index (κ3) is 1.37. The van der Waals surface area contributed by atoms with Gasteiger partial charge in [-0.05, 0) is 0 Å². The van der Waals surface area contributed by atoms with Crippen molar-refractivity contribution in [3.8, 4) is 0 Å². The summed E-state index contributed by atoms with van der Waals surface area (Å²) < 4.78 is 5.82. The van der Waals surface area contributed by atoms with E-state index in [1.165, 1.54) is 18.0 Å². The highest BCUT2D eigenvalue weighted by molar-refractivity contribution is 5.92. The maximum Gasteiger partial charge on any atom is 0.360 e. The quantitative estimate of drug-likeness (QED) is 0.484. The third-order valence-corrected chi connectivity index (χ3v) is 1.33. The molecule has 0 aliphatic heterocycles. The molecule has 6 heteroatoms. The number of hydrogen-bond acceptors (Lipinski definition) is 5.